The highest BCUT2D eigenvalue weighted by Crippen LogP contribution is 2.26. The Labute approximate surface area is 172 Å². The molecule has 0 unspecified atom stereocenters. The Morgan fingerprint density at radius 3 is 1.68 bits per heavy atom. The molecule has 0 heterocycles. The Kier molecular flexibility index (Phi) is 8.88. The number of rotatable bonds is 13. The summed E-state index contributed by atoms with van der Waals surface area (Å²) in [6, 6.07) is 20.2. The van der Waals surface area contributed by atoms with Crippen LogP contribution in [0.15, 0.2) is 54.6 Å². The molecule has 0 N–H and O–H groups in total. The van der Waals surface area contributed by atoms with Gasteiger partial charge in [-0.2, -0.15) is 0 Å². The molecule has 3 rings (SSSR count). The van der Waals surface area contributed by atoms with E-state index in [0.717, 1.165) is 6.42 Å². The van der Waals surface area contributed by atoms with Gasteiger partial charge in [0.2, 0.25) is 0 Å². The highest BCUT2D eigenvalue weighted by Gasteiger charge is 2.03. The summed E-state index contributed by atoms with van der Waals surface area (Å²) >= 11 is 0. The smallest absolute Gasteiger partial charge is 0.0146 e. The number of benzene rings is 3. The first-order chi connectivity index (χ1) is 13.9. The SMILES string of the molecule is [CH2]CCCCCCCCCCCCCc1cccc2cc3ccccc3cc12. The first-order valence-electron chi connectivity index (χ1n) is 11.6. The summed E-state index contributed by atoms with van der Waals surface area (Å²) in [5.74, 6) is 0. The standard InChI is InChI=1S/C28H37/c1-2-3-4-5-6-7-8-9-10-11-12-13-17-24-20-16-21-27-22-25-18-14-15-19-26(25)23-28(24)27/h14-16,18-23H,1-13,17H2. The van der Waals surface area contributed by atoms with Crippen molar-refractivity contribution in [1.29, 1.82) is 0 Å². The second-order valence-corrected chi connectivity index (χ2v) is 8.33. The van der Waals surface area contributed by atoms with Gasteiger partial charge < -0.3 is 0 Å². The zero-order valence-corrected chi connectivity index (χ0v) is 17.6. The van der Waals surface area contributed by atoms with Gasteiger partial charge >= 0.3 is 0 Å². The zero-order chi connectivity index (χ0) is 19.4. The Balaban J connectivity index is 1.36. The zero-order valence-electron chi connectivity index (χ0n) is 17.6. The van der Waals surface area contributed by atoms with Gasteiger partial charge in [-0.05, 0) is 52.1 Å². The molecule has 28 heavy (non-hydrogen) atoms. The monoisotopic (exact) mass is 373 g/mol. The summed E-state index contributed by atoms with van der Waals surface area (Å²) in [6.45, 7) is 3.91. The number of hydrogen-bond donors (Lipinski definition) is 0. The van der Waals surface area contributed by atoms with Gasteiger partial charge in [0.15, 0.2) is 0 Å². The van der Waals surface area contributed by atoms with Crippen molar-refractivity contribution in [3.05, 3.63) is 67.1 Å². The Bertz CT molecular complexity index is 830. The van der Waals surface area contributed by atoms with E-state index in [1.54, 1.807) is 0 Å². The minimum atomic E-state index is 1.11. The van der Waals surface area contributed by atoms with Crippen LogP contribution in [0.1, 0.15) is 82.6 Å². The quantitative estimate of drug-likeness (QED) is 0.207. The molecule has 0 aliphatic carbocycles. The molecule has 3 aromatic carbocycles. The minimum Gasteiger partial charge on any atom is -0.0616 e. The molecule has 0 nitrogen and oxygen atoms in total. The largest absolute Gasteiger partial charge is 0.0616 e. The van der Waals surface area contributed by atoms with Crippen molar-refractivity contribution in [3.63, 3.8) is 0 Å². The summed E-state index contributed by atoms with van der Waals surface area (Å²) in [6.07, 6.45) is 17.6. The van der Waals surface area contributed by atoms with Crippen LogP contribution in [0.2, 0.25) is 0 Å². The molecule has 0 bridgehead atoms. The fourth-order valence-electron chi connectivity index (χ4n) is 4.33. The molecule has 0 saturated carbocycles. The topological polar surface area (TPSA) is 0 Å². The molecule has 0 amide bonds. The molecule has 0 saturated heterocycles. The molecule has 149 valence electrons. The number of aryl methyl sites for hydroxylation is 1. The summed E-state index contributed by atoms with van der Waals surface area (Å²) in [4.78, 5) is 0. The van der Waals surface area contributed by atoms with E-state index < -0.39 is 0 Å². The lowest BCUT2D eigenvalue weighted by Gasteiger charge is -2.09. The van der Waals surface area contributed by atoms with E-state index in [1.807, 2.05) is 0 Å². The van der Waals surface area contributed by atoms with Crippen LogP contribution in [0.25, 0.3) is 21.5 Å². The van der Waals surface area contributed by atoms with Gasteiger partial charge in [-0.1, -0.05) is 120 Å². The average molecular weight is 374 g/mol. The van der Waals surface area contributed by atoms with E-state index in [1.165, 1.54) is 104 Å². The number of fused-ring (bicyclic) bond motifs is 2. The van der Waals surface area contributed by atoms with Crippen LogP contribution < -0.4 is 0 Å². The van der Waals surface area contributed by atoms with Crippen molar-refractivity contribution in [1.82, 2.24) is 0 Å². The van der Waals surface area contributed by atoms with Crippen molar-refractivity contribution in [3.8, 4) is 0 Å². The van der Waals surface area contributed by atoms with Gasteiger partial charge in [-0.15, -0.1) is 0 Å². The lowest BCUT2D eigenvalue weighted by molar-refractivity contribution is 0.546. The predicted octanol–water partition coefficient (Wildman–Crippen LogP) is 9.05. The third kappa shape index (κ3) is 6.36. The predicted molar refractivity (Wildman–Crippen MR) is 126 cm³/mol. The van der Waals surface area contributed by atoms with Crippen molar-refractivity contribution in [2.75, 3.05) is 0 Å². The van der Waals surface area contributed by atoms with Crippen LogP contribution in [-0.4, -0.2) is 0 Å². The molecule has 0 aliphatic heterocycles. The van der Waals surface area contributed by atoms with Crippen molar-refractivity contribution < 1.29 is 0 Å². The fraction of sp³-hybridized carbons (Fsp3) is 0.464. The van der Waals surface area contributed by atoms with E-state index in [2.05, 4.69) is 61.5 Å². The molecular formula is C28H37. The normalized spacial score (nSPS) is 11.5. The van der Waals surface area contributed by atoms with Crippen LogP contribution in [-0.2, 0) is 6.42 Å². The Hall–Kier alpha value is -1.82. The number of unbranched alkanes of at least 4 members (excludes halogenated alkanes) is 11. The summed E-state index contributed by atoms with van der Waals surface area (Å²) in [5, 5.41) is 5.52. The van der Waals surface area contributed by atoms with E-state index in [9.17, 15) is 0 Å². The molecule has 0 spiro atoms. The molecule has 1 radical (unpaired) electrons. The van der Waals surface area contributed by atoms with Crippen molar-refractivity contribution >= 4 is 21.5 Å². The summed E-state index contributed by atoms with van der Waals surface area (Å²) < 4.78 is 0. The van der Waals surface area contributed by atoms with E-state index in [-0.39, 0.29) is 0 Å². The molecule has 0 heteroatoms. The van der Waals surface area contributed by atoms with Crippen molar-refractivity contribution in [2.45, 2.75) is 83.5 Å². The van der Waals surface area contributed by atoms with Crippen molar-refractivity contribution in [2.24, 2.45) is 0 Å². The van der Waals surface area contributed by atoms with Gasteiger partial charge in [-0.25, -0.2) is 0 Å². The van der Waals surface area contributed by atoms with Crippen LogP contribution in [0, 0.1) is 6.92 Å². The molecule has 3 aromatic rings. The maximum Gasteiger partial charge on any atom is -0.0146 e. The van der Waals surface area contributed by atoms with Gasteiger partial charge in [0, 0.05) is 0 Å². The highest BCUT2D eigenvalue weighted by molar-refractivity contribution is 5.99. The molecule has 0 fully saturated rings. The van der Waals surface area contributed by atoms with E-state index in [0.29, 0.717) is 0 Å². The summed E-state index contributed by atoms with van der Waals surface area (Å²) in [7, 11) is 0. The van der Waals surface area contributed by atoms with Gasteiger partial charge in [0.05, 0.1) is 0 Å². The van der Waals surface area contributed by atoms with Crippen LogP contribution in [0.3, 0.4) is 0 Å². The third-order valence-corrected chi connectivity index (χ3v) is 6.03. The third-order valence-electron chi connectivity index (χ3n) is 6.03. The molecular weight excluding hydrogens is 336 g/mol. The van der Waals surface area contributed by atoms with Gasteiger partial charge in [-0.3, -0.25) is 0 Å². The highest BCUT2D eigenvalue weighted by atomic mass is 14.1. The van der Waals surface area contributed by atoms with E-state index in [4.69, 9.17) is 0 Å². The van der Waals surface area contributed by atoms with Gasteiger partial charge in [0.1, 0.15) is 0 Å². The average Bonchev–Trinajstić information content (AvgIpc) is 2.73. The molecule has 0 aliphatic rings. The number of hydrogen-bond acceptors (Lipinski definition) is 0. The van der Waals surface area contributed by atoms with E-state index >= 15 is 0 Å². The first kappa shape index (κ1) is 20.9. The first-order valence-corrected chi connectivity index (χ1v) is 11.6. The minimum absolute atomic E-state index is 1.11. The summed E-state index contributed by atoms with van der Waals surface area (Å²) in [5.41, 5.74) is 1.52. The second-order valence-electron chi connectivity index (χ2n) is 8.33. The Morgan fingerprint density at radius 2 is 1.04 bits per heavy atom. The van der Waals surface area contributed by atoms with Crippen LogP contribution in [0.4, 0.5) is 0 Å². The fourth-order valence-corrected chi connectivity index (χ4v) is 4.33. The maximum absolute atomic E-state index is 3.91. The molecule has 0 atom stereocenters. The Morgan fingerprint density at radius 1 is 0.500 bits per heavy atom. The lowest BCUT2D eigenvalue weighted by atomic mass is 9.96. The maximum atomic E-state index is 3.91. The van der Waals surface area contributed by atoms with Gasteiger partial charge in [0.25, 0.3) is 0 Å². The molecule has 0 aromatic heterocycles. The lowest BCUT2D eigenvalue weighted by Crippen LogP contribution is -1.89. The second kappa shape index (κ2) is 11.9. The van der Waals surface area contributed by atoms with Crippen LogP contribution in [0.5, 0.6) is 0 Å². The van der Waals surface area contributed by atoms with Crippen LogP contribution >= 0.6 is 0 Å².